The zero-order valence-electron chi connectivity index (χ0n) is 15.9. The molecule has 0 aromatic carbocycles. The molecule has 3 saturated carbocycles. The van der Waals surface area contributed by atoms with Gasteiger partial charge >= 0.3 is 5.97 Å². The fourth-order valence-electron chi connectivity index (χ4n) is 5.71. The van der Waals surface area contributed by atoms with Crippen molar-refractivity contribution >= 4 is 5.97 Å². The van der Waals surface area contributed by atoms with E-state index in [0.717, 1.165) is 6.42 Å². The normalized spacial score (nSPS) is 41.8. The summed E-state index contributed by atoms with van der Waals surface area (Å²) in [5.74, 6) is 0.233. The Bertz CT molecular complexity index is 516. The van der Waals surface area contributed by atoms with Gasteiger partial charge in [-0.2, -0.15) is 0 Å². The SMILES string of the molecule is CC(C)C(C)(C(=O)OC12CC3CC(O)(CCCC3(O)C1)C2)C(C)C. The van der Waals surface area contributed by atoms with E-state index in [1.807, 2.05) is 6.92 Å². The molecular formula is C20H34O4. The van der Waals surface area contributed by atoms with Gasteiger partial charge in [0.25, 0.3) is 0 Å². The van der Waals surface area contributed by atoms with E-state index in [-0.39, 0.29) is 23.7 Å². The molecule has 0 aliphatic heterocycles. The van der Waals surface area contributed by atoms with Crippen molar-refractivity contribution in [1.82, 2.24) is 0 Å². The highest BCUT2D eigenvalue weighted by molar-refractivity contribution is 5.77. The van der Waals surface area contributed by atoms with Crippen LogP contribution in [-0.4, -0.2) is 33.0 Å². The summed E-state index contributed by atoms with van der Waals surface area (Å²) in [6.45, 7) is 10.2. The Labute approximate surface area is 146 Å². The molecule has 3 rings (SSSR count). The summed E-state index contributed by atoms with van der Waals surface area (Å²) in [4.78, 5) is 13.1. The van der Waals surface area contributed by atoms with Crippen molar-refractivity contribution in [3.63, 3.8) is 0 Å². The van der Waals surface area contributed by atoms with Gasteiger partial charge in [-0.15, -0.1) is 0 Å². The van der Waals surface area contributed by atoms with Gasteiger partial charge in [0.2, 0.25) is 0 Å². The van der Waals surface area contributed by atoms with Gasteiger partial charge in [0, 0.05) is 12.8 Å². The molecule has 0 radical (unpaired) electrons. The molecule has 0 heterocycles. The number of carbonyl (C=O) groups excluding carboxylic acids is 1. The van der Waals surface area contributed by atoms with Crippen LogP contribution in [0, 0.1) is 23.2 Å². The van der Waals surface area contributed by atoms with Crippen LogP contribution in [0.5, 0.6) is 0 Å². The first kappa shape index (κ1) is 18.2. The van der Waals surface area contributed by atoms with E-state index in [0.29, 0.717) is 38.5 Å². The molecule has 0 aromatic rings. The standard InChI is InChI=1S/C20H34O4/c1-13(2)17(5,14(3)4)16(21)24-19-10-15-9-18(22,11-19)7-6-8-20(15,23)12-19/h13-15,22-23H,6-12H2,1-5H3. The van der Waals surface area contributed by atoms with Crippen molar-refractivity contribution in [1.29, 1.82) is 0 Å². The average Bonchev–Trinajstić information content (AvgIpc) is 2.57. The lowest BCUT2D eigenvalue weighted by Crippen LogP contribution is -2.50. The third kappa shape index (κ3) is 2.61. The number of rotatable bonds is 4. The monoisotopic (exact) mass is 338 g/mol. The van der Waals surface area contributed by atoms with Gasteiger partial charge in [0.15, 0.2) is 0 Å². The molecule has 3 bridgehead atoms. The van der Waals surface area contributed by atoms with Crippen LogP contribution in [0.15, 0.2) is 0 Å². The van der Waals surface area contributed by atoms with E-state index in [9.17, 15) is 15.0 Å². The van der Waals surface area contributed by atoms with Gasteiger partial charge in [-0.05, 0) is 56.8 Å². The maximum absolute atomic E-state index is 13.1. The molecule has 4 heteroatoms. The molecule has 3 fully saturated rings. The molecule has 0 aromatic heterocycles. The maximum atomic E-state index is 13.1. The minimum Gasteiger partial charge on any atom is -0.458 e. The molecule has 0 amide bonds. The number of aliphatic hydroxyl groups is 2. The smallest absolute Gasteiger partial charge is 0.312 e. The number of hydrogen-bond donors (Lipinski definition) is 2. The van der Waals surface area contributed by atoms with E-state index in [2.05, 4.69) is 27.7 Å². The van der Waals surface area contributed by atoms with Crippen LogP contribution in [0.3, 0.4) is 0 Å². The van der Waals surface area contributed by atoms with Gasteiger partial charge < -0.3 is 14.9 Å². The van der Waals surface area contributed by atoms with Gasteiger partial charge in [-0.25, -0.2) is 0 Å². The Kier molecular flexibility index (Phi) is 4.12. The van der Waals surface area contributed by atoms with E-state index in [4.69, 9.17) is 4.74 Å². The molecule has 0 spiro atoms. The van der Waals surface area contributed by atoms with Crippen LogP contribution < -0.4 is 0 Å². The van der Waals surface area contributed by atoms with Crippen LogP contribution in [0.25, 0.3) is 0 Å². The van der Waals surface area contributed by atoms with E-state index in [1.54, 1.807) is 0 Å². The van der Waals surface area contributed by atoms with Gasteiger partial charge in [-0.1, -0.05) is 27.7 Å². The predicted molar refractivity (Wildman–Crippen MR) is 92.3 cm³/mol. The van der Waals surface area contributed by atoms with Crippen molar-refractivity contribution in [3.8, 4) is 0 Å². The molecule has 4 nitrogen and oxygen atoms in total. The third-order valence-electron chi connectivity index (χ3n) is 7.68. The minimum absolute atomic E-state index is 0.0518. The second kappa shape index (κ2) is 5.44. The first-order valence-electron chi connectivity index (χ1n) is 9.63. The highest BCUT2D eigenvalue weighted by Crippen LogP contribution is 2.60. The zero-order valence-corrected chi connectivity index (χ0v) is 15.9. The van der Waals surface area contributed by atoms with Crippen molar-refractivity contribution in [3.05, 3.63) is 0 Å². The Hall–Kier alpha value is -0.610. The first-order valence-corrected chi connectivity index (χ1v) is 9.63. The molecule has 2 N–H and O–H groups in total. The number of fused-ring (bicyclic) bond motifs is 2. The predicted octanol–water partition coefficient (Wildman–Crippen LogP) is 3.44. The fourth-order valence-corrected chi connectivity index (χ4v) is 5.71. The largest absolute Gasteiger partial charge is 0.458 e. The van der Waals surface area contributed by atoms with E-state index >= 15 is 0 Å². The van der Waals surface area contributed by atoms with E-state index in [1.165, 1.54) is 0 Å². The van der Waals surface area contributed by atoms with Crippen molar-refractivity contribution in [2.75, 3.05) is 0 Å². The lowest BCUT2D eigenvalue weighted by molar-refractivity contribution is -0.189. The fraction of sp³-hybridized carbons (Fsp3) is 0.950. The Balaban J connectivity index is 1.89. The quantitative estimate of drug-likeness (QED) is 0.771. The zero-order chi connectivity index (χ0) is 18.0. The lowest BCUT2D eigenvalue weighted by Gasteiger charge is -2.45. The minimum atomic E-state index is -0.782. The molecule has 24 heavy (non-hydrogen) atoms. The molecule has 4 unspecified atom stereocenters. The van der Waals surface area contributed by atoms with Crippen LogP contribution in [0.4, 0.5) is 0 Å². The van der Waals surface area contributed by atoms with Crippen LogP contribution >= 0.6 is 0 Å². The van der Waals surface area contributed by atoms with Gasteiger partial charge in [0.05, 0.1) is 16.6 Å². The topological polar surface area (TPSA) is 66.8 Å². The summed E-state index contributed by atoms with van der Waals surface area (Å²) in [5, 5.41) is 22.1. The maximum Gasteiger partial charge on any atom is 0.312 e. The number of hydrogen-bond acceptors (Lipinski definition) is 4. The second-order valence-electron chi connectivity index (χ2n) is 9.80. The summed E-state index contributed by atoms with van der Waals surface area (Å²) < 4.78 is 6.17. The average molecular weight is 338 g/mol. The van der Waals surface area contributed by atoms with Crippen LogP contribution in [0.2, 0.25) is 0 Å². The highest BCUT2D eigenvalue weighted by atomic mass is 16.6. The number of ether oxygens (including phenoxy) is 1. The number of esters is 1. The second-order valence-corrected chi connectivity index (χ2v) is 9.80. The lowest BCUT2D eigenvalue weighted by atomic mass is 9.70. The summed E-state index contributed by atoms with van der Waals surface area (Å²) in [7, 11) is 0. The highest BCUT2D eigenvalue weighted by Gasteiger charge is 2.65. The summed E-state index contributed by atoms with van der Waals surface area (Å²) in [6, 6.07) is 0. The molecular weight excluding hydrogens is 304 g/mol. The summed E-state index contributed by atoms with van der Waals surface area (Å²) in [6.07, 6.45) is 4.59. The van der Waals surface area contributed by atoms with Crippen LogP contribution in [-0.2, 0) is 9.53 Å². The number of carbonyl (C=O) groups is 1. The molecule has 3 aliphatic carbocycles. The summed E-state index contributed by atoms with van der Waals surface area (Å²) in [5.41, 5.74) is -2.79. The Morgan fingerprint density at radius 3 is 2.29 bits per heavy atom. The molecule has 3 aliphatic rings. The molecule has 138 valence electrons. The van der Waals surface area contributed by atoms with E-state index < -0.39 is 22.2 Å². The van der Waals surface area contributed by atoms with Gasteiger partial charge in [-0.3, -0.25) is 4.79 Å². The summed E-state index contributed by atoms with van der Waals surface area (Å²) >= 11 is 0. The Morgan fingerprint density at radius 1 is 1.08 bits per heavy atom. The van der Waals surface area contributed by atoms with Crippen molar-refractivity contribution < 1.29 is 19.7 Å². The van der Waals surface area contributed by atoms with Crippen molar-refractivity contribution in [2.24, 2.45) is 23.2 Å². The molecule has 0 saturated heterocycles. The molecule has 4 atom stereocenters. The van der Waals surface area contributed by atoms with Gasteiger partial charge in [0.1, 0.15) is 5.60 Å². The van der Waals surface area contributed by atoms with Crippen LogP contribution in [0.1, 0.15) is 79.6 Å². The first-order chi connectivity index (χ1) is 10.9. The third-order valence-corrected chi connectivity index (χ3v) is 7.68. The van der Waals surface area contributed by atoms with Crippen molar-refractivity contribution in [2.45, 2.75) is 96.4 Å². The Morgan fingerprint density at radius 2 is 1.71 bits per heavy atom.